The summed E-state index contributed by atoms with van der Waals surface area (Å²) in [5.41, 5.74) is -0.244. The van der Waals surface area contributed by atoms with E-state index in [1.165, 1.54) is 18.3 Å². The number of aromatic nitrogens is 3. The van der Waals surface area contributed by atoms with Gasteiger partial charge in [-0.1, -0.05) is 17.7 Å². The van der Waals surface area contributed by atoms with Gasteiger partial charge in [-0.3, -0.25) is 4.79 Å². The SMILES string of the molecule is Cc1ccc(-n2ncc(C(=O)Nc3ccc(N4CCN(C)CC4)nc3)c2C(F)(F)F)cc1. The van der Waals surface area contributed by atoms with Gasteiger partial charge in [0, 0.05) is 26.2 Å². The average molecular weight is 444 g/mol. The molecule has 1 amide bonds. The second kappa shape index (κ2) is 8.62. The highest BCUT2D eigenvalue weighted by Crippen LogP contribution is 2.34. The van der Waals surface area contributed by atoms with E-state index < -0.39 is 23.3 Å². The first-order valence-corrected chi connectivity index (χ1v) is 10.2. The zero-order valence-electron chi connectivity index (χ0n) is 17.7. The van der Waals surface area contributed by atoms with E-state index in [-0.39, 0.29) is 5.69 Å². The molecule has 7 nitrogen and oxygen atoms in total. The van der Waals surface area contributed by atoms with Crippen LogP contribution in [0.3, 0.4) is 0 Å². The summed E-state index contributed by atoms with van der Waals surface area (Å²) in [4.78, 5) is 21.4. The maximum atomic E-state index is 13.8. The lowest BCUT2D eigenvalue weighted by atomic mass is 10.2. The zero-order chi connectivity index (χ0) is 22.9. The molecule has 4 rings (SSSR count). The van der Waals surface area contributed by atoms with Crippen molar-refractivity contribution in [3.63, 3.8) is 0 Å². The van der Waals surface area contributed by atoms with Gasteiger partial charge in [-0.15, -0.1) is 0 Å². The quantitative estimate of drug-likeness (QED) is 0.666. The molecule has 32 heavy (non-hydrogen) atoms. The second-order valence-corrected chi connectivity index (χ2v) is 7.80. The summed E-state index contributed by atoms with van der Waals surface area (Å²) in [5.74, 6) is -0.135. The monoisotopic (exact) mass is 444 g/mol. The van der Waals surface area contributed by atoms with E-state index in [4.69, 9.17) is 0 Å². The van der Waals surface area contributed by atoms with Crippen LogP contribution in [-0.4, -0.2) is 58.8 Å². The molecular weight excluding hydrogens is 421 g/mol. The van der Waals surface area contributed by atoms with Crippen molar-refractivity contribution in [1.29, 1.82) is 0 Å². The largest absolute Gasteiger partial charge is 0.434 e. The van der Waals surface area contributed by atoms with Gasteiger partial charge in [0.05, 0.1) is 29.3 Å². The molecule has 1 fully saturated rings. The highest BCUT2D eigenvalue weighted by molar-refractivity contribution is 6.05. The Morgan fingerprint density at radius 2 is 1.69 bits per heavy atom. The molecule has 3 heterocycles. The Kier molecular flexibility index (Phi) is 5.88. The fourth-order valence-electron chi connectivity index (χ4n) is 3.55. The number of nitrogens with zero attached hydrogens (tertiary/aromatic N) is 5. The van der Waals surface area contributed by atoms with E-state index in [1.807, 2.05) is 6.92 Å². The number of anilines is 2. The van der Waals surface area contributed by atoms with Gasteiger partial charge in [0.25, 0.3) is 5.91 Å². The topological polar surface area (TPSA) is 66.3 Å². The summed E-state index contributed by atoms with van der Waals surface area (Å²) in [5, 5.41) is 6.34. The third-order valence-electron chi connectivity index (χ3n) is 5.39. The lowest BCUT2D eigenvalue weighted by Gasteiger charge is -2.33. The number of piperazine rings is 1. The second-order valence-electron chi connectivity index (χ2n) is 7.80. The third kappa shape index (κ3) is 4.59. The smallest absolute Gasteiger partial charge is 0.354 e. The number of alkyl halides is 3. The number of halogens is 3. The first-order valence-electron chi connectivity index (χ1n) is 10.2. The normalized spacial score (nSPS) is 15.1. The van der Waals surface area contributed by atoms with Gasteiger partial charge in [0.15, 0.2) is 5.69 Å². The molecule has 0 saturated carbocycles. The average Bonchev–Trinajstić information content (AvgIpc) is 3.21. The summed E-state index contributed by atoms with van der Waals surface area (Å²) in [7, 11) is 2.06. The highest BCUT2D eigenvalue weighted by atomic mass is 19.4. The van der Waals surface area contributed by atoms with Crippen molar-refractivity contribution in [3.05, 3.63) is 65.6 Å². The van der Waals surface area contributed by atoms with E-state index in [0.717, 1.165) is 48.4 Å². The van der Waals surface area contributed by atoms with Crippen LogP contribution in [0.5, 0.6) is 0 Å². The molecule has 2 aromatic heterocycles. The summed E-state index contributed by atoms with van der Waals surface area (Å²) < 4.78 is 42.2. The van der Waals surface area contributed by atoms with Gasteiger partial charge < -0.3 is 15.1 Å². The zero-order valence-corrected chi connectivity index (χ0v) is 17.7. The first-order chi connectivity index (χ1) is 15.2. The minimum atomic E-state index is -4.77. The van der Waals surface area contributed by atoms with Gasteiger partial charge in [0.2, 0.25) is 0 Å². The third-order valence-corrected chi connectivity index (χ3v) is 5.39. The number of rotatable bonds is 4. The molecule has 3 aromatic rings. The number of hydrogen-bond acceptors (Lipinski definition) is 5. The number of likely N-dealkylation sites (N-methyl/N-ethyl adjacent to an activating group) is 1. The van der Waals surface area contributed by atoms with Crippen LogP contribution in [0.15, 0.2) is 48.8 Å². The Labute approximate surface area is 183 Å². The lowest BCUT2D eigenvalue weighted by molar-refractivity contribution is -0.143. The number of carbonyl (C=O) groups is 1. The molecule has 0 unspecified atom stereocenters. The molecule has 1 aliphatic heterocycles. The molecule has 1 N–H and O–H groups in total. The van der Waals surface area contributed by atoms with E-state index >= 15 is 0 Å². The summed E-state index contributed by atoms with van der Waals surface area (Å²) in [6, 6.07) is 9.81. The molecule has 0 aliphatic carbocycles. The fraction of sp³-hybridized carbons (Fsp3) is 0.318. The van der Waals surface area contributed by atoms with E-state index in [2.05, 4.69) is 32.2 Å². The predicted molar refractivity (Wildman–Crippen MR) is 115 cm³/mol. The summed E-state index contributed by atoms with van der Waals surface area (Å²) >= 11 is 0. The molecule has 0 atom stereocenters. The molecule has 0 radical (unpaired) electrons. The van der Waals surface area contributed by atoms with Crippen LogP contribution in [-0.2, 0) is 6.18 Å². The van der Waals surface area contributed by atoms with Crippen LogP contribution in [0.4, 0.5) is 24.7 Å². The van der Waals surface area contributed by atoms with E-state index in [1.54, 1.807) is 24.3 Å². The number of hydrogen-bond donors (Lipinski definition) is 1. The Morgan fingerprint density at radius 1 is 1.00 bits per heavy atom. The molecule has 0 bridgehead atoms. The van der Waals surface area contributed by atoms with Crippen molar-refractivity contribution < 1.29 is 18.0 Å². The van der Waals surface area contributed by atoms with Gasteiger partial charge >= 0.3 is 6.18 Å². The predicted octanol–water partition coefficient (Wildman–Crippen LogP) is 3.60. The summed E-state index contributed by atoms with van der Waals surface area (Å²) in [6.07, 6.45) is -2.38. The molecule has 0 spiro atoms. The van der Waals surface area contributed by atoms with Gasteiger partial charge in [-0.25, -0.2) is 9.67 Å². The van der Waals surface area contributed by atoms with Crippen LogP contribution in [0, 0.1) is 6.92 Å². The molecule has 1 saturated heterocycles. The molecule has 1 aliphatic rings. The Balaban J connectivity index is 1.55. The number of aryl methyl sites for hydroxylation is 1. The van der Waals surface area contributed by atoms with Crippen molar-refractivity contribution >= 4 is 17.4 Å². The lowest BCUT2D eigenvalue weighted by Crippen LogP contribution is -2.44. The van der Waals surface area contributed by atoms with Crippen molar-refractivity contribution in [1.82, 2.24) is 19.7 Å². The highest BCUT2D eigenvalue weighted by Gasteiger charge is 2.40. The van der Waals surface area contributed by atoms with Crippen LogP contribution in [0.2, 0.25) is 0 Å². The van der Waals surface area contributed by atoms with Crippen LogP contribution >= 0.6 is 0 Å². The fourth-order valence-corrected chi connectivity index (χ4v) is 3.55. The van der Waals surface area contributed by atoms with Crippen molar-refractivity contribution in [3.8, 4) is 5.69 Å². The van der Waals surface area contributed by atoms with Crippen LogP contribution in [0.25, 0.3) is 5.69 Å². The molecule has 1 aromatic carbocycles. The minimum Gasteiger partial charge on any atom is -0.354 e. The Morgan fingerprint density at radius 3 is 2.28 bits per heavy atom. The van der Waals surface area contributed by atoms with Crippen LogP contribution < -0.4 is 10.2 Å². The van der Waals surface area contributed by atoms with Crippen molar-refractivity contribution in [2.24, 2.45) is 0 Å². The Hall–Kier alpha value is -3.40. The Bertz CT molecular complexity index is 1080. The minimum absolute atomic E-state index is 0.222. The van der Waals surface area contributed by atoms with Gasteiger partial charge in [0.1, 0.15) is 5.82 Å². The van der Waals surface area contributed by atoms with Gasteiger partial charge in [-0.05, 0) is 38.2 Å². The van der Waals surface area contributed by atoms with Crippen LogP contribution in [0.1, 0.15) is 21.6 Å². The maximum absolute atomic E-state index is 13.8. The van der Waals surface area contributed by atoms with Crippen molar-refractivity contribution in [2.75, 3.05) is 43.4 Å². The first kappa shape index (κ1) is 21.8. The van der Waals surface area contributed by atoms with E-state index in [9.17, 15) is 18.0 Å². The number of benzene rings is 1. The van der Waals surface area contributed by atoms with E-state index in [0.29, 0.717) is 5.69 Å². The standard InChI is InChI=1S/C22H23F3N6O/c1-15-3-6-17(7-4-15)31-20(22(23,24)25)18(14-27-31)21(32)28-16-5-8-19(26-13-16)30-11-9-29(2)10-12-30/h3-8,13-14H,9-12H2,1-2H3,(H,28,32). The molecule has 168 valence electrons. The number of carbonyl (C=O) groups excluding carboxylic acids is 1. The molecular formula is C22H23F3N6O. The number of pyridine rings is 1. The maximum Gasteiger partial charge on any atom is 0.434 e. The van der Waals surface area contributed by atoms with Gasteiger partial charge in [-0.2, -0.15) is 18.3 Å². The molecule has 10 heteroatoms. The number of amides is 1. The van der Waals surface area contributed by atoms with Crippen molar-refractivity contribution in [2.45, 2.75) is 13.1 Å². The summed E-state index contributed by atoms with van der Waals surface area (Å²) in [6.45, 7) is 5.35. The number of nitrogens with one attached hydrogen (secondary N) is 1.